The Bertz CT molecular complexity index is 690. The van der Waals surface area contributed by atoms with Gasteiger partial charge in [-0.2, -0.15) is 0 Å². The maximum atomic E-state index is 13.7. The Balaban J connectivity index is 1.68. The lowest BCUT2D eigenvalue weighted by molar-refractivity contribution is -0.116. The number of nitrogen functional groups attached to an aromatic ring is 1. The molecule has 3 nitrogen and oxygen atoms in total. The van der Waals surface area contributed by atoms with Gasteiger partial charge in [0, 0.05) is 22.8 Å². The molecular formula is C16H15FN2OS. The smallest absolute Gasteiger partial charge is 0.237 e. The number of carbonyl (C=O) groups excluding carboxylic acids is 1. The van der Waals surface area contributed by atoms with Crippen LogP contribution in [0.25, 0.3) is 0 Å². The summed E-state index contributed by atoms with van der Waals surface area (Å²) in [6.07, 6.45) is 0.878. The van der Waals surface area contributed by atoms with Crippen LogP contribution in [0.2, 0.25) is 0 Å². The summed E-state index contributed by atoms with van der Waals surface area (Å²) >= 11 is 1.20. The normalized spacial score (nSPS) is 13.3. The first-order valence-corrected chi connectivity index (χ1v) is 7.70. The Morgan fingerprint density at radius 2 is 2.10 bits per heavy atom. The predicted molar refractivity (Wildman–Crippen MR) is 84.0 cm³/mol. The van der Waals surface area contributed by atoms with Crippen molar-refractivity contribution in [1.82, 2.24) is 0 Å². The molecule has 0 aromatic heterocycles. The minimum absolute atomic E-state index is 0.00109. The van der Waals surface area contributed by atoms with Gasteiger partial charge in [0.15, 0.2) is 0 Å². The number of hydrogen-bond acceptors (Lipinski definition) is 3. The number of nitrogens with two attached hydrogens (primary N) is 1. The first-order chi connectivity index (χ1) is 10.1. The van der Waals surface area contributed by atoms with E-state index in [0.29, 0.717) is 17.1 Å². The summed E-state index contributed by atoms with van der Waals surface area (Å²) in [5, 5.41) is 0. The summed E-state index contributed by atoms with van der Waals surface area (Å²) < 4.78 is 13.7. The van der Waals surface area contributed by atoms with E-state index >= 15 is 0 Å². The molecule has 0 saturated heterocycles. The molecule has 1 heterocycles. The third kappa shape index (κ3) is 2.88. The van der Waals surface area contributed by atoms with Crippen LogP contribution in [0.3, 0.4) is 0 Å². The van der Waals surface area contributed by atoms with Gasteiger partial charge in [-0.1, -0.05) is 18.2 Å². The van der Waals surface area contributed by atoms with Crippen LogP contribution < -0.4 is 10.6 Å². The van der Waals surface area contributed by atoms with Gasteiger partial charge in [-0.3, -0.25) is 4.79 Å². The Hall–Kier alpha value is -2.01. The van der Waals surface area contributed by atoms with E-state index in [9.17, 15) is 9.18 Å². The fourth-order valence-corrected chi connectivity index (χ4v) is 3.24. The molecule has 1 aliphatic rings. The molecule has 2 aromatic carbocycles. The van der Waals surface area contributed by atoms with Gasteiger partial charge in [-0.05, 0) is 36.2 Å². The Morgan fingerprint density at radius 3 is 2.90 bits per heavy atom. The molecular weight excluding hydrogens is 287 g/mol. The van der Waals surface area contributed by atoms with Gasteiger partial charge >= 0.3 is 0 Å². The zero-order chi connectivity index (χ0) is 14.8. The van der Waals surface area contributed by atoms with E-state index in [1.165, 1.54) is 23.4 Å². The number of rotatable bonds is 3. The fourth-order valence-electron chi connectivity index (χ4n) is 2.45. The molecule has 0 bridgehead atoms. The number of amides is 1. The zero-order valence-corrected chi connectivity index (χ0v) is 12.2. The molecule has 0 spiro atoms. The number of thioether (sulfide) groups is 1. The van der Waals surface area contributed by atoms with Gasteiger partial charge in [0.2, 0.25) is 5.91 Å². The quantitative estimate of drug-likeness (QED) is 0.700. The topological polar surface area (TPSA) is 46.3 Å². The van der Waals surface area contributed by atoms with Gasteiger partial charge in [0.25, 0.3) is 0 Å². The molecule has 0 aliphatic carbocycles. The summed E-state index contributed by atoms with van der Waals surface area (Å²) in [5.74, 6) is -0.161. The maximum absolute atomic E-state index is 13.7. The fraction of sp³-hybridized carbons (Fsp3) is 0.188. The van der Waals surface area contributed by atoms with Gasteiger partial charge < -0.3 is 10.6 Å². The summed E-state index contributed by atoms with van der Waals surface area (Å²) in [5.41, 5.74) is 8.06. The van der Waals surface area contributed by atoms with E-state index in [4.69, 9.17) is 5.73 Å². The number of para-hydroxylation sites is 1. The second-order valence-corrected chi connectivity index (χ2v) is 5.92. The van der Waals surface area contributed by atoms with Crippen LogP contribution in [0.4, 0.5) is 15.8 Å². The molecule has 0 fully saturated rings. The molecule has 1 aliphatic heterocycles. The molecule has 3 rings (SSSR count). The lowest BCUT2D eigenvalue weighted by atomic mass is 10.2. The van der Waals surface area contributed by atoms with E-state index in [0.717, 1.165) is 12.1 Å². The van der Waals surface area contributed by atoms with Crippen molar-refractivity contribution < 1.29 is 9.18 Å². The van der Waals surface area contributed by atoms with Crippen LogP contribution in [0.1, 0.15) is 5.56 Å². The van der Waals surface area contributed by atoms with Crippen molar-refractivity contribution in [1.29, 1.82) is 0 Å². The van der Waals surface area contributed by atoms with Gasteiger partial charge in [-0.15, -0.1) is 11.8 Å². The molecule has 2 aromatic rings. The highest BCUT2D eigenvalue weighted by Gasteiger charge is 2.24. The van der Waals surface area contributed by atoms with E-state index in [2.05, 4.69) is 0 Å². The molecule has 2 N–H and O–H groups in total. The highest BCUT2D eigenvalue weighted by Crippen LogP contribution is 2.29. The predicted octanol–water partition coefficient (Wildman–Crippen LogP) is 3.09. The van der Waals surface area contributed by atoms with Crippen molar-refractivity contribution in [2.24, 2.45) is 0 Å². The van der Waals surface area contributed by atoms with Crippen molar-refractivity contribution in [2.75, 3.05) is 22.9 Å². The number of carbonyl (C=O) groups is 1. The number of hydrogen-bond donors (Lipinski definition) is 1. The van der Waals surface area contributed by atoms with E-state index < -0.39 is 0 Å². The molecule has 0 saturated carbocycles. The molecule has 0 atom stereocenters. The highest BCUT2D eigenvalue weighted by atomic mass is 32.2. The van der Waals surface area contributed by atoms with E-state index in [1.54, 1.807) is 17.0 Å². The highest BCUT2D eigenvalue weighted by molar-refractivity contribution is 8.00. The van der Waals surface area contributed by atoms with Gasteiger partial charge in [0.1, 0.15) is 5.82 Å². The van der Waals surface area contributed by atoms with Crippen molar-refractivity contribution in [2.45, 2.75) is 11.3 Å². The Kier molecular flexibility index (Phi) is 3.84. The van der Waals surface area contributed by atoms with Crippen LogP contribution in [-0.4, -0.2) is 18.2 Å². The maximum Gasteiger partial charge on any atom is 0.237 e. The third-order valence-corrected chi connectivity index (χ3v) is 4.53. The van der Waals surface area contributed by atoms with Crippen molar-refractivity contribution in [3.05, 3.63) is 53.8 Å². The number of nitrogens with zero attached hydrogens (tertiary/aromatic N) is 1. The minimum atomic E-state index is -0.380. The summed E-state index contributed by atoms with van der Waals surface area (Å²) in [4.78, 5) is 14.5. The van der Waals surface area contributed by atoms with Crippen LogP contribution in [0.15, 0.2) is 47.4 Å². The second-order valence-electron chi connectivity index (χ2n) is 4.90. The standard InChI is InChI=1S/C16H15FN2OS/c17-13-9-12(18)5-6-15(13)21-10-16(20)19-8-7-11-3-1-2-4-14(11)19/h1-6,9H,7-8,10,18H2. The molecule has 0 unspecified atom stereocenters. The van der Waals surface area contributed by atoms with E-state index in [-0.39, 0.29) is 17.5 Å². The van der Waals surface area contributed by atoms with Crippen LogP contribution >= 0.6 is 11.8 Å². The number of benzene rings is 2. The summed E-state index contributed by atoms with van der Waals surface area (Å²) in [6, 6.07) is 12.4. The minimum Gasteiger partial charge on any atom is -0.399 e. The van der Waals surface area contributed by atoms with Crippen molar-refractivity contribution in [3.8, 4) is 0 Å². The Morgan fingerprint density at radius 1 is 1.29 bits per heavy atom. The lowest BCUT2D eigenvalue weighted by Gasteiger charge is -2.17. The van der Waals surface area contributed by atoms with Crippen LogP contribution in [-0.2, 0) is 11.2 Å². The third-order valence-electron chi connectivity index (χ3n) is 3.50. The second kappa shape index (κ2) is 5.77. The first-order valence-electron chi connectivity index (χ1n) is 6.71. The van der Waals surface area contributed by atoms with Gasteiger partial charge in [0.05, 0.1) is 5.75 Å². The summed E-state index contributed by atoms with van der Waals surface area (Å²) in [7, 11) is 0. The monoisotopic (exact) mass is 302 g/mol. The molecule has 108 valence electrons. The van der Waals surface area contributed by atoms with Crippen LogP contribution in [0, 0.1) is 5.82 Å². The SMILES string of the molecule is Nc1ccc(SCC(=O)N2CCc3ccccc32)c(F)c1. The zero-order valence-electron chi connectivity index (χ0n) is 11.4. The number of fused-ring (bicyclic) bond motifs is 1. The lowest BCUT2D eigenvalue weighted by Crippen LogP contribution is -2.30. The molecule has 5 heteroatoms. The molecule has 0 radical (unpaired) electrons. The number of halogens is 1. The van der Waals surface area contributed by atoms with E-state index in [1.807, 2.05) is 24.3 Å². The largest absolute Gasteiger partial charge is 0.399 e. The molecule has 21 heavy (non-hydrogen) atoms. The average molecular weight is 302 g/mol. The van der Waals surface area contributed by atoms with Gasteiger partial charge in [-0.25, -0.2) is 4.39 Å². The first kappa shape index (κ1) is 13.9. The number of anilines is 2. The summed E-state index contributed by atoms with van der Waals surface area (Å²) in [6.45, 7) is 0.697. The average Bonchev–Trinajstić information content (AvgIpc) is 2.90. The van der Waals surface area contributed by atoms with Crippen molar-refractivity contribution >= 4 is 29.0 Å². The Labute approximate surface area is 126 Å². The van der Waals surface area contributed by atoms with Crippen LogP contribution in [0.5, 0.6) is 0 Å². The van der Waals surface area contributed by atoms with Crippen molar-refractivity contribution in [3.63, 3.8) is 0 Å². The molecule has 1 amide bonds.